The van der Waals surface area contributed by atoms with E-state index in [4.69, 9.17) is 0 Å². The number of carboxylic acids is 1. The van der Waals surface area contributed by atoms with E-state index < -0.39 is 11.4 Å². The van der Waals surface area contributed by atoms with Gasteiger partial charge in [-0.15, -0.1) is 0 Å². The Balaban J connectivity index is 1.87. The van der Waals surface area contributed by atoms with Gasteiger partial charge in [0.25, 0.3) is 0 Å². The molecular formula is C18H25NO3. The van der Waals surface area contributed by atoms with E-state index in [9.17, 15) is 14.7 Å². The van der Waals surface area contributed by atoms with Crippen molar-refractivity contribution in [3.05, 3.63) is 35.9 Å². The fraction of sp³-hybridized carbons (Fsp3) is 0.556. The van der Waals surface area contributed by atoms with Gasteiger partial charge in [-0.05, 0) is 24.3 Å². The Bertz CT molecular complexity index is 506. The second-order valence-electron chi connectivity index (χ2n) is 6.44. The van der Waals surface area contributed by atoms with Crippen molar-refractivity contribution in [3.63, 3.8) is 0 Å². The molecule has 0 spiro atoms. The minimum Gasteiger partial charge on any atom is -0.481 e. The van der Waals surface area contributed by atoms with Crippen LogP contribution in [-0.2, 0) is 9.59 Å². The van der Waals surface area contributed by atoms with Crippen molar-refractivity contribution in [1.82, 2.24) is 5.32 Å². The minimum absolute atomic E-state index is 0.0671. The predicted molar refractivity (Wildman–Crippen MR) is 85.6 cm³/mol. The highest BCUT2D eigenvalue weighted by Gasteiger charge is 2.39. The lowest BCUT2D eigenvalue weighted by molar-refractivity contribution is -0.151. The number of hydrogen-bond acceptors (Lipinski definition) is 2. The fourth-order valence-electron chi connectivity index (χ4n) is 3.21. The fourth-order valence-corrected chi connectivity index (χ4v) is 3.21. The lowest BCUT2D eigenvalue weighted by atomic mass is 9.74. The summed E-state index contributed by atoms with van der Waals surface area (Å²) in [5, 5.41) is 12.4. The smallest absolute Gasteiger partial charge is 0.311 e. The molecule has 0 aliphatic heterocycles. The van der Waals surface area contributed by atoms with Crippen molar-refractivity contribution < 1.29 is 14.7 Å². The van der Waals surface area contributed by atoms with Crippen LogP contribution in [0, 0.1) is 5.41 Å². The summed E-state index contributed by atoms with van der Waals surface area (Å²) in [6, 6.07) is 9.90. The number of benzene rings is 1. The molecular weight excluding hydrogens is 278 g/mol. The van der Waals surface area contributed by atoms with Crippen LogP contribution in [0.15, 0.2) is 30.3 Å². The molecule has 2 rings (SSSR count). The standard InChI is InChI=1S/C18H25NO3/c1-14(15-8-4-2-5-9-15)12-16(20)19-13-18(17(21)22)10-6-3-7-11-18/h2,4-5,8-9,14H,3,6-7,10-13H2,1H3,(H,19,20)(H,21,22). The second kappa shape index (κ2) is 7.43. The Morgan fingerprint density at radius 3 is 2.41 bits per heavy atom. The number of amides is 1. The first-order valence-corrected chi connectivity index (χ1v) is 8.08. The van der Waals surface area contributed by atoms with Crippen molar-refractivity contribution in [3.8, 4) is 0 Å². The number of carboxylic acid groups (broad SMARTS) is 1. The summed E-state index contributed by atoms with van der Waals surface area (Å²) in [4.78, 5) is 23.7. The number of aliphatic carboxylic acids is 1. The Morgan fingerprint density at radius 2 is 1.82 bits per heavy atom. The molecule has 1 aromatic rings. The summed E-state index contributed by atoms with van der Waals surface area (Å²) in [6.45, 7) is 2.27. The number of carbonyl (C=O) groups is 2. The molecule has 1 atom stereocenters. The molecule has 0 saturated heterocycles. The average molecular weight is 303 g/mol. The summed E-state index contributed by atoms with van der Waals surface area (Å²) < 4.78 is 0. The summed E-state index contributed by atoms with van der Waals surface area (Å²) >= 11 is 0. The largest absolute Gasteiger partial charge is 0.481 e. The molecule has 1 aliphatic carbocycles. The minimum atomic E-state index is -0.774. The van der Waals surface area contributed by atoms with Gasteiger partial charge in [-0.3, -0.25) is 9.59 Å². The molecule has 2 N–H and O–H groups in total. The molecule has 1 fully saturated rings. The van der Waals surface area contributed by atoms with Gasteiger partial charge in [0.1, 0.15) is 0 Å². The Kier molecular flexibility index (Phi) is 5.58. The molecule has 4 heteroatoms. The summed E-state index contributed by atoms with van der Waals surface area (Å²) in [5.41, 5.74) is 0.368. The van der Waals surface area contributed by atoms with Gasteiger partial charge < -0.3 is 10.4 Å². The maximum Gasteiger partial charge on any atom is 0.311 e. The Morgan fingerprint density at radius 1 is 1.18 bits per heavy atom. The highest BCUT2D eigenvalue weighted by molar-refractivity contribution is 5.79. The molecule has 0 aromatic heterocycles. The molecule has 1 aromatic carbocycles. The van der Waals surface area contributed by atoms with Crippen molar-refractivity contribution in [2.45, 2.75) is 51.4 Å². The third-order valence-electron chi connectivity index (χ3n) is 4.75. The topological polar surface area (TPSA) is 66.4 Å². The molecule has 120 valence electrons. The summed E-state index contributed by atoms with van der Waals surface area (Å²) in [6.07, 6.45) is 4.67. The quantitative estimate of drug-likeness (QED) is 0.847. The molecule has 0 radical (unpaired) electrons. The molecule has 22 heavy (non-hydrogen) atoms. The van der Waals surface area contributed by atoms with Gasteiger partial charge >= 0.3 is 5.97 Å². The van der Waals surface area contributed by atoms with E-state index in [1.54, 1.807) is 0 Å². The van der Waals surface area contributed by atoms with Gasteiger partial charge in [0.05, 0.1) is 5.41 Å². The van der Waals surface area contributed by atoms with Crippen LogP contribution >= 0.6 is 0 Å². The van der Waals surface area contributed by atoms with Crippen LogP contribution in [0.2, 0.25) is 0 Å². The van der Waals surface area contributed by atoms with Gasteiger partial charge in [0.15, 0.2) is 0 Å². The van der Waals surface area contributed by atoms with Crippen molar-refractivity contribution in [2.75, 3.05) is 6.54 Å². The Hall–Kier alpha value is -1.84. The second-order valence-corrected chi connectivity index (χ2v) is 6.44. The van der Waals surface area contributed by atoms with Crippen molar-refractivity contribution in [2.24, 2.45) is 5.41 Å². The van der Waals surface area contributed by atoms with Crippen molar-refractivity contribution >= 4 is 11.9 Å². The zero-order chi connectivity index (χ0) is 16.0. The van der Waals surface area contributed by atoms with E-state index in [2.05, 4.69) is 5.32 Å². The molecule has 0 heterocycles. The number of hydrogen-bond donors (Lipinski definition) is 2. The summed E-state index contributed by atoms with van der Waals surface area (Å²) in [5.74, 6) is -0.709. The number of rotatable bonds is 6. The van der Waals surface area contributed by atoms with E-state index >= 15 is 0 Å². The normalized spacial score (nSPS) is 18.4. The van der Waals surface area contributed by atoms with Crippen LogP contribution in [0.1, 0.15) is 56.9 Å². The Labute approximate surface area is 131 Å². The maximum absolute atomic E-state index is 12.1. The zero-order valence-corrected chi connectivity index (χ0v) is 13.2. The predicted octanol–water partition coefficient (Wildman–Crippen LogP) is 3.33. The first-order valence-electron chi connectivity index (χ1n) is 8.08. The zero-order valence-electron chi connectivity index (χ0n) is 13.2. The van der Waals surface area contributed by atoms with Crippen molar-refractivity contribution in [1.29, 1.82) is 0 Å². The van der Waals surface area contributed by atoms with E-state index in [0.29, 0.717) is 19.3 Å². The first kappa shape index (κ1) is 16.5. The van der Waals surface area contributed by atoms with Crippen LogP contribution < -0.4 is 5.32 Å². The van der Waals surface area contributed by atoms with E-state index in [1.165, 1.54) is 0 Å². The van der Waals surface area contributed by atoms with Gasteiger partial charge in [-0.1, -0.05) is 56.5 Å². The van der Waals surface area contributed by atoms with Crippen LogP contribution in [-0.4, -0.2) is 23.5 Å². The lowest BCUT2D eigenvalue weighted by Gasteiger charge is -2.33. The van der Waals surface area contributed by atoms with Crippen LogP contribution in [0.4, 0.5) is 0 Å². The van der Waals surface area contributed by atoms with E-state index in [1.807, 2.05) is 37.3 Å². The highest BCUT2D eigenvalue weighted by atomic mass is 16.4. The van der Waals surface area contributed by atoms with Crippen LogP contribution in [0.5, 0.6) is 0 Å². The molecule has 0 bridgehead atoms. The lowest BCUT2D eigenvalue weighted by Crippen LogP contribution is -2.44. The average Bonchev–Trinajstić information content (AvgIpc) is 2.54. The number of nitrogens with one attached hydrogen (secondary N) is 1. The summed E-state index contributed by atoms with van der Waals surface area (Å²) in [7, 11) is 0. The molecule has 1 aliphatic rings. The van der Waals surface area contributed by atoms with E-state index in [-0.39, 0.29) is 18.4 Å². The molecule has 4 nitrogen and oxygen atoms in total. The monoisotopic (exact) mass is 303 g/mol. The van der Waals surface area contributed by atoms with Crippen LogP contribution in [0.3, 0.4) is 0 Å². The third kappa shape index (κ3) is 4.09. The molecule has 1 unspecified atom stereocenters. The molecule has 1 amide bonds. The van der Waals surface area contributed by atoms with Crippen LogP contribution in [0.25, 0.3) is 0 Å². The number of carbonyl (C=O) groups excluding carboxylic acids is 1. The van der Waals surface area contributed by atoms with Gasteiger partial charge in [0.2, 0.25) is 5.91 Å². The third-order valence-corrected chi connectivity index (χ3v) is 4.75. The first-order chi connectivity index (χ1) is 10.5. The highest BCUT2D eigenvalue weighted by Crippen LogP contribution is 2.36. The maximum atomic E-state index is 12.1. The molecule has 1 saturated carbocycles. The van der Waals surface area contributed by atoms with E-state index in [0.717, 1.165) is 24.8 Å². The SMILES string of the molecule is CC(CC(=O)NCC1(C(=O)O)CCCCC1)c1ccccc1. The van der Waals surface area contributed by atoms with Gasteiger partial charge in [0, 0.05) is 13.0 Å². The van der Waals surface area contributed by atoms with Gasteiger partial charge in [-0.25, -0.2) is 0 Å². The van der Waals surface area contributed by atoms with Gasteiger partial charge in [-0.2, -0.15) is 0 Å².